The molecular formula is C29H35NS. The Labute approximate surface area is 191 Å². The molecule has 2 atom stereocenters. The predicted molar refractivity (Wildman–Crippen MR) is 136 cm³/mol. The molecule has 0 N–H and O–H groups in total. The molecule has 0 amide bonds. The van der Waals surface area contributed by atoms with Crippen LogP contribution in [0, 0.1) is 0 Å². The number of nitrogens with zero attached hydrogens (tertiary/aromatic N) is 1. The molecular weight excluding hydrogens is 394 g/mol. The minimum absolute atomic E-state index is 0.161. The van der Waals surface area contributed by atoms with Crippen molar-refractivity contribution in [3.05, 3.63) is 75.0 Å². The average molecular weight is 430 g/mol. The summed E-state index contributed by atoms with van der Waals surface area (Å²) < 4.78 is 0. The van der Waals surface area contributed by atoms with Gasteiger partial charge in [0.15, 0.2) is 0 Å². The second kappa shape index (κ2) is 8.56. The number of hydrogen-bond acceptors (Lipinski definition) is 2. The molecule has 0 spiro atoms. The topological polar surface area (TPSA) is 3.24 Å². The third kappa shape index (κ3) is 3.58. The maximum atomic E-state index is 2.49. The number of aryl methyl sites for hydroxylation is 2. The van der Waals surface area contributed by atoms with Crippen molar-refractivity contribution in [2.75, 3.05) is 14.1 Å². The van der Waals surface area contributed by atoms with Crippen molar-refractivity contribution in [1.29, 1.82) is 0 Å². The molecule has 162 valence electrons. The van der Waals surface area contributed by atoms with Gasteiger partial charge in [-0.1, -0.05) is 49.4 Å². The molecule has 0 aliphatic heterocycles. The Morgan fingerprint density at radius 1 is 1.03 bits per heavy atom. The zero-order chi connectivity index (χ0) is 21.4. The van der Waals surface area contributed by atoms with Crippen molar-refractivity contribution >= 4 is 28.2 Å². The monoisotopic (exact) mass is 429 g/mol. The minimum atomic E-state index is 0.161. The normalized spacial score (nSPS) is 19.9. The largest absolute Gasteiger partial charge is 0.299 e. The van der Waals surface area contributed by atoms with Crippen molar-refractivity contribution < 1.29 is 0 Å². The number of allylic oxidation sites excluding steroid dienone is 1. The van der Waals surface area contributed by atoms with E-state index in [0.717, 1.165) is 6.42 Å². The highest BCUT2D eigenvalue weighted by Gasteiger charge is 2.35. The third-order valence-corrected chi connectivity index (χ3v) is 9.16. The molecule has 1 nitrogen and oxygen atoms in total. The fourth-order valence-electron chi connectivity index (χ4n) is 6.27. The van der Waals surface area contributed by atoms with Crippen LogP contribution < -0.4 is 0 Å². The van der Waals surface area contributed by atoms with Gasteiger partial charge in [-0.2, -0.15) is 0 Å². The Kier molecular flexibility index (Phi) is 5.79. The van der Waals surface area contributed by atoms with E-state index in [1.54, 1.807) is 16.7 Å². The van der Waals surface area contributed by atoms with Crippen LogP contribution in [-0.2, 0) is 18.4 Å². The van der Waals surface area contributed by atoms with E-state index in [-0.39, 0.29) is 5.54 Å². The quantitative estimate of drug-likeness (QED) is 0.384. The summed E-state index contributed by atoms with van der Waals surface area (Å²) >= 11 is 1.92. The first-order valence-corrected chi connectivity index (χ1v) is 13.0. The first-order chi connectivity index (χ1) is 15.1. The Hall–Kier alpha value is -1.90. The molecule has 2 aliphatic carbocycles. The van der Waals surface area contributed by atoms with E-state index in [4.69, 9.17) is 0 Å². The van der Waals surface area contributed by atoms with Gasteiger partial charge in [0.2, 0.25) is 0 Å². The molecule has 3 aromatic rings. The fraction of sp³-hybridized carbons (Fsp3) is 0.448. The van der Waals surface area contributed by atoms with E-state index in [1.807, 2.05) is 11.3 Å². The van der Waals surface area contributed by atoms with Crippen molar-refractivity contribution in [2.45, 2.75) is 69.7 Å². The first kappa shape index (κ1) is 21.0. The number of thiophene rings is 1. The molecule has 2 aromatic carbocycles. The summed E-state index contributed by atoms with van der Waals surface area (Å²) in [5, 5.41) is 5.28. The zero-order valence-electron chi connectivity index (χ0n) is 19.3. The molecule has 1 heterocycles. The van der Waals surface area contributed by atoms with Gasteiger partial charge < -0.3 is 0 Å². The summed E-state index contributed by atoms with van der Waals surface area (Å²) in [7, 11) is 4.53. The van der Waals surface area contributed by atoms with Crippen molar-refractivity contribution in [3.8, 4) is 0 Å². The van der Waals surface area contributed by atoms with Gasteiger partial charge in [0.05, 0.1) is 5.54 Å². The van der Waals surface area contributed by atoms with Crippen LogP contribution in [0.3, 0.4) is 0 Å². The van der Waals surface area contributed by atoms with Crippen molar-refractivity contribution in [1.82, 2.24) is 4.90 Å². The highest BCUT2D eigenvalue weighted by Crippen LogP contribution is 2.44. The Morgan fingerprint density at radius 2 is 1.87 bits per heavy atom. The van der Waals surface area contributed by atoms with Gasteiger partial charge in [-0.15, -0.1) is 11.3 Å². The van der Waals surface area contributed by atoms with E-state index >= 15 is 0 Å². The van der Waals surface area contributed by atoms with Crippen molar-refractivity contribution in [3.63, 3.8) is 0 Å². The summed E-state index contributed by atoms with van der Waals surface area (Å²) in [6.07, 6.45) is 14.6. The highest BCUT2D eigenvalue weighted by atomic mass is 32.1. The van der Waals surface area contributed by atoms with Gasteiger partial charge in [0.1, 0.15) is 0 Å². The van der Waals surface area contributed by atoms with Crippen LogP contribution in [0.4, 0.5) is 0 Å². The van der Waals surface area contributed by atoms with E-state index in [2.05, 4.69) is 79.8 Å². The molecule has 0 saturated carbocycles. The second-order valence-corrected chi connectivity index (χ2v) is 10.6. The lowest BCUT2D eigenvalue weighted by atomic mass is 9.75. The number of benzene rings is 2. The van der Waals surface area contributed by atoms with Crippen LogP contribution in [0.2, 0.25) is 0 Å². The molecule has 0 radical (unpaired) electrons. The molecule has 2 unspecified atom stereocenters. The summed E-state index contributed by atoms with van der Waals surface area (Å²) in [5.41, 5.74) is 6.45. The molecule has 31 heavy (non-hydrogen) atoms. The lowest BCUT2D eigenvalue weighted by molar-refractivity contribution is 0.129. The van der Waals surface area contributed by atoms with E-state index in [0.29, 0.717) is 5.92 Å². The Bertz CT molecular complexity index is 1090. The molecule has 1 aromatic heterocycles. The van der Waals surface area contributed by atoms with Gasteiger partial charge in [-0.3, -0.25) is 4.90 Å². The summed E-state index contributed by atoms with van der Waals surface area (Å²) in [6, 6.07) is 14.3. The lowest BCUT2D eigenvalue weighted by Crippen LogP contribution is -2.40. The van der Waals surface area contributed by atoms with Crippen LogP contribution in [-0.4, -0.2) is 19.0 Å². The number of fused-ring (bicyclic) bond motifs is 5. The van der Waals surface area contributed by atoms with E-state index in [1.165, 1.54) is 66.2 Å². The molecule has 0 bridgehead atoms. The van der Waals surface area contributed by atoms with Gasteiger partial charge in [0, 0.05) is 4.88 Å². The molecule has 2 heteroatoms. The standard InChI is InChI=1S/C29H35NS/c1-4-29(30(2)3,28-13-8-20-31-28)19-18-22-10-7-12-25-24(22)16-17-26-23-11-6-5-9-21(23)14-15-27(25)26/h5,8-9,13-17,20,22H,4,6-7,10-12,18-19H2,1-3H3. The molecule has 2 aliphatic rings. The SMILES string of the molecule is CCC(CCC1CCCc2c1ccc1c3c(ccc21)C=CCC3)(c1cccs1)N(C)C. The average Bonchev–Trinajstić information content (AvgIpc) is 3.34. The summed E-state index contributed by atoms with van der Waals surface area (Å²) in [5.74, 6) is 0.690. The fourth-order valence-corrected chi connectivity index (χ4v) is 7.38. The minimum Gasteiger partial charge on any atom is -0.299 e. The first-order valence-electron chi connectivity index (χ1n) is 12.1. The van der Waals surface area contributed by atoms with Crippen LogP contribution in [0.1, 0.15) is 78.5 Å². The molecule has 0 saturated heterocycles. The predicted octanol–water partition coefficient (Wildman–Crippen LogP) is 7.93. The lowest BCUT2D eigenvalue weighted by Gasteiger charge is -2.40. The van der Waals surface area contributed by atoms with Crippen LogP contribution in [0.5, 0.6) is 0 Å². The highest BCUT2D eigenvalue weighted by molar-refractivity contribution is 7.10. The van der Waals surface area contributed by atoms with Gasteiger partial charge >= 0.3 is 0 Å². The van der Waals surface area contributed by atoms with E-state index in [9.17, 15) is 0 Å². The Balaban J connectivity index is 1.48. The number of hydrogen-bond donors (Lipinski definition) is 0. The van der Waals surface area contributed by atoms with E-state index < -0.39 is 0 Å². The van der Waals surface area contributed by atoms with Crippen LogP contribution in [0.15, 0.2) is 47.9 Å². The van der Waals surface area contributed by atoms with Gasteiger partial charge in [-0.05, 0) is 116 Å². The number of rotatable bonds is 6. The summed E-state index contributed by atoms with van der Waals surface area (Å²) in [4.78, 5) is 4.00. The summed E-state index contributed by atoms with van der Waals surface area (Å²) in [6.45, 7) is 2.36. The molecule has 5 rings (SSSR count). The van der Waals surface area contributed by atoms with Gasteiger partial charge in [0.25, 0.3) is 0 Å². The molecule has 0 fully saturated rings. The van der Waals surface area contributed by atoms with Crippen molar-refractivity contribution in [2.24, 2.45) is 0 Å². The third-order valence-electron chi connectivity index (χ3n) is 8.10. The Morgan fingerprint density at radius 3 is 2.65 bits per heavy atom. The maximum absolute atomic E-state index is 2.49. The van der Waals surface area contributed by atoms with Crippen LogP contribution in [0.25, 0.3) is 16.8 Å². The maximum Gasteiger partial charge on any atom is 0.0546 e. The van der Waals surface area contributed by atoms with Crippen LogP contribution >= 0.6 is 11.3 Å². The smallest absolute Gasteiger partial charge is 0.0546 e. The second-order valence-electron chi connectivity index (χ2n) is 9.69. The van der Waals surface area contributed by atoms with Gasteiger partial charge in [-0.25, -0.2) is 0 Å². The zero-order valence-corrected chi connectivity index (χ0v) is 20.1.